The minimum Gasteiger partial charge on any atom is -0.497 e. The number of ether oxygens (including phenoxy) is 3. The molecule has 2 unspecified atom stereocenters. The van der Waals surface area contributed by atoms with Gasteiger partial charge in [-0.2, -0.15) is 0 Å². The van der Waals surface area contributed by atoms with Crippen LogP contribution >= 0.6 is 0 Å². The van der Waals surface area contributed by atoms with Crippen LogP contribution in [0.25, 0.3) is 0 Å². The van der Waals surface area contributed by atoms with Crippen LogP contribution in [0.4, 0.5) is 5.69 Å². The molecule has 0 radical (unpaired) electrons. The number of nitrogens with zero attached hydrogens (tertiary/aromatic N) is 2. The second-order valence-corrected chi connectivity index (χ2v) is 6.52. The third-order valence-electron chi connectivity index (χ3n) is 4.70. The van der Waals surface area contributed by atoms with Gasteiger partial charge in [-0.05, 0) is 42.0 Å². The minimum absolute atomic E-state index is 0.111. The van der Waals surface area contributed by atoms with E-state index in [1.54, 1.807) is 25.3 Å². The van der Waals surface area contributed by atoms with E-state index in [0.29, 0.717) is 23.5 Å². The standard InChI is InChI=1S/C21H18N2O6/c1-27-14-6-4-13(5-7-14)20-12-18(24)16-11-15(8-9-19(16)29-20)28-21-17(23(25)26)3-2-10-22-21/h2-11,18,20,24H,12H2,1H3. The molecule has 1 aromatic heterocycles. The van der Waals surface area contributed by atoms with Crippen molar-refractivity contribution in [1.82, 2.24) is 4.98 Å². The Kier molecular flexibility index (Phi) is 5.01. The van der Waals surface area contributed by atoms with Crippen molar-refractivity contribution < 1.29 is 24.2 Å². The normalized spacial score (nSPS) is 17.7. The molecule has 0 fully saturated rings. The fourth-order valence-corrected chi connectivity index (χ4v) is 3.22. The van der Waals surface area contributed by atoms with Crippen LogP contribution in [0.5, 0.6) is 23.1 Å². The van der Waals surface area contributed by atoms with E-state index in [1.165, 1.54) is 18.3 Å². The summed E-state index contributed by atoms with van der Waals surface area (Å²) in [4.78, 5) is 14.5. The Labute approximate surface area is 166 Å². The highest BCUT2D eigenvalue weighted by atomic mass is 16.6. The maximum Gasteiger partial charge on any atom is 0.331 e. The van der Waals surface area contributed by atoms with E-state index < -0.39 is 11.0 Å². The average molecular weight is 394 g/mol. The molecule has 1 N–H and O–H groups in total. The summed E-state index contributed by atoms with van der Waals surface area (Å²) in [6.45, 7) is 0. The van der Waals surface area contributed by atoms with Gasteiger partial charge in [0.25, 0.3) is 5.88 Å². The van der Waals surface area contributed by atoms with Gasteiger partial charge in [-0.1, -0.05) is 12.1 Å². The molecule has 0 saturated carbocycles. The number of aliphatic hydroxyl groups excluding tert-OH is 1. The number of hydrogen-bond donors (Lipinski definition) is 1. The summed E-state index contributed by atoms with van der Waals surface area (Å²) >= 11 is 0. The van der Waals surface area contributed by atoms with E-state index in [4.69, 9.17) is 14.2 Å². The zero-order valence-electron chi connectivity index (χ0n) is 15.5. The topological polar surface area (TPSA) is 104 Å². The molecule has 0 saturated heterocycles. The lowest BCUT2D eigenvalue weighted by atomic mass is 9.95. The smallest absolute Gasteiger partial charge is 0.331 e. The van der Waals surface area contributed by atoms with Crippen molar-refractivity contribution in [2.45, 2.75) is 18.6 Å². The van der Waals surface area contributed by atoms with Crippen molar-refractivity contribution in [3.63, 3.8) is 0 Å². The van der Waals surface area contributed by atoms with Crippen molar-refractivity contribution in [3.8, 4) is 23.1 Å². The second kappa shape index (κ2) is 7.76. The molecular weight excluding hydrogens is 376 g/mol. The van der Waals surface area contributed by atoms with E-state index in [-0.39, 0.29) is 17.7 Å². The number of benzene rings is 2. The number of aromatic nitrogens is 1. The first-order valence-electron chi connectivity index (χ1n) is 8.95. The first kappa shape index (κ1) is 18.7. The van der Waals surface area contributed by atoms with Gasteiger partial charge >= 0.3 is 5.69 Å². The summed E-state index contributed by atoms with van der Waals surface area (Å²) in [7, 11) is 1.60. The van der Waals surface area contributed by atoms with Gasteiger partial charge in [0.2, 0.25) is 0 Å². The predicted molar refractivity (Wildman–Crippen MR) is 103 cm³/mol. The molecule has 3 aromatic rings. The van der Waals surface area contributed by atoms with Gasteiger partial charge < -0.3 is 19.3 Å². The van der Waals surface area contributed by atoms with E-state index in [1.807, 2.05) is 24.3 Å². The maximum atomic E-state index is 11.1. The quantitative estimate of drug-likeness (QED) is 0.507. The Morgan fingerprint density at radius 3 is 2.66 bits per heavy atom. The Balaban J connectivity index is 1.57. The zero-order chi connectivity index (χ0) is 20.4. The largest absolute Gasteiger partial charge is 0.497 e. The highest BCUT2D eigenvalue weighted by molar-refractivity contribution is 5.47. The van der Waals surface area contributed by atoms with E-state index in [0.717, 1.165) is 11.3 Å². The predicted octanol–water partition coefficient (Wildman–Crippen LogP) is 4.35. The molecule has 2 atom stereocenters. The van der Waals surface area contributed by atoms with Crippen molar-refractivity contribution in [3.05, 3.63) is 82.0 Å². The van der Waals surface area contributed by atoms with Crippen LogP contribution in [0.1, 0.15) is 29.8 Å². The monoisotopic (exact) mass is 394 g/mol. The van der Waals surface area contributed by atoms with Crippen molar-refractivity contribution in [2.24, 2.45) is 0 Å². The molecular formula is C21H18N2O6. The molecule has 0 aliphatic carbocycles. The SMILES string of the molecule is COc1ccc(C2CC(O)c3cc(Oc4ncccc4[N+](=O)[O-])ccc3O2)cc1. The van der Waals surface area contributed by atoms with E-state index in [2.05, 4.69) is 4.98 Å². The van der Waals surface area contributed by atoms with Gasteiger partial charge in [0.1, 0.15) is 23.4 Å². The number of aliphatic hydroxyl groups is 1. The summed E-state index contributed by atoms with van der Waals surface area (Å²) in [6, 6.07) is 15.2. The van der Waals surface area contributed by atoms with Crippen LogP contribution in [0.15, 0.2) is 60.8 Å². The number of fused-ring (bicyclic) bond motifs is 1. The summed E-state index contributed by atoms with van der Waals surface area (Å²) in [6.07, 6.45) is 0.713. The molecule has 0 spiro atoms. The summed E-state index contributed by atoms with van der Waals surface area (Å²) < 4.78 is 16.8. The molecule has 29 heavy (non-hydrogen) atoms. The molecule has 8 nitrogen and oxygen atoms in total. The van der Waals surface area contributed by atoms with Crippen LogP contribution < -0.4 is 14.2 Å². The van der Waals surface area contributed by atoms with Crippen LogP contribution in [0.2, 0.25) is 0 Å². The fourth-order valence-electron chi connectivity index (χ4n) is 3.22. The second-order valence-electron chi connectivity index (χ2n) is 6.52. The van der Waals surface area contributed by atoms with E-state index in [9.17, 15) is 15.2 Å². The number of hydrogen-bond acceptors (Lipinski definition) is 7. The van der Waals surface area contributed by atoms with Crippen LogP contribution in [0.3, 0.4) is 0 Å². The lowest BCUT2D eigenvalue weighted by Crippen LogP contribution is -2.19. The number of pyridine rings is 1. The molecule has 8 heteroatoms. The van der Waals surface area contributed by atoms with Crippen LogP contribution in [0, 0.1) is 10.1 Å². The summed E-state index contributed by atoms with van der Waals surface area (Å²) in [5, 5.41) is 21.8. The summed E-state index contributed by atoms with van der Waals surface area (Å²) in [5.41, 5.74) is 1.26. The molecule has 1 aliphatic heterocycles. The molecule has 0 amide bonds. The Bertz CT molecular complexity index is 1040. The lowest BCUT2D eigenvalue weighted by molar-refractivity contribution is -0.386. The lowest BCUT2D eigenvalue weighted by Gasteiger charge is -2.30. The number of nitro groups is 1. The minimum atomic E-state index is -0.770. The van der Waals surface area contributed by atoms with Crippen LogP contribution in [-0.2, 0) is 0 Å². The number of methoxy groups -OCH3 is 1. The molecule has 148 valence electrons. The fraction of sp³-hybridized carbons (Fsp3) is 0.190. The highest BCUT2D eigenvalue weighted by Crippen LogP contribution is 2.43. The molecule has 0 bridgehead atoms. The Hall–Kier alpha value is -3.65. The van der Waals surface area contributed by atoms with Crippen molar-refractivity contribution >= 4 is 5.69 Å². The average Bonchev–Trinajstić information content (AvgIpc) is 2.74. The maximum absolute atomic E-state index is 11.1. The molecule has 2 heterocycles. The zero-order valence-corrected chi connectivity index (χ0v) is 15.5. The van der Waals surface area contributed by atoms with Crippen LogP contribution in [-0.4, -0.2) is 22.1 Å². The first-order valence-corrected chi connectivity index (χ1v) is 8.95. The third kappa shape index (κ3) is 3.83. The summed E-state index contributed by atoms with van der Waals surface area (Å²) in [5.74, 6) is 1.50. The molecule has 4 rings (SSSR count). The first-order chi connectivity index (χ1) is 14.0. The van der Waals surface area contributed by atoms with Gasteiger partial charge in [-0.3, -0.25) is 10.1 Å². The Morgan fingerprint density at radius 2 is 1.93 bits per heavy atom. The van der Waals surface area contributed by atoms with Crippen molar-refractivity contribution in [2.75, 3.05) is 7.11 Å². The third-order valence-corrected chi connectivity index (χ3v) is 4.70. The van der Waals surface area contributed by atoms with Gasteiger partial charge in [-0.25, -0.2) is 4.98 Å². The highest BCUT2D eigenvalue weighted by Gasteiger charge is 2.29. The van der Waals surface area contributed by atoms with Gasteiger partial charge in [0.05, 0.1) is 18.1 Å². The van der Waals surface area contributed by atoms with Gasteiger partial charge in [0.15, 0.2) is 0 Å². The van der Waals surface area contributed by atoms with Gasteiger partial charge in [0, 0.05) is 24.2 Å². The van der Waals surface area contributed by atoms with Gasteiger partial charge in [-0.15, -0.1) is 0 Å². The molecule has 2 aromatic carbocycles. The van der Waals surface area contributed by atoms with Crippen molar-refractivity contribution in [1.29, 1.82) is 0 Å². The van der Waals surface area contributed by atoms with E-state index >= 15 is 0 Å². The molecule has 1 aliphatic rings. The number of rotatable bonds is 5. The Morgan fingerprint density at radius 1 is 1.17 bits per heavy atom.